The van der Waals surface area contributed by atoms with Gasteiger partial charge < -0.3 is 14.8 Å². The number of ether oxygens (including phenoxy) is 2. The summed E-state index contributed by atoms with van der Waals surface area (Å²) in [6.07, 6.45) is 2.38. The van der Waals surface area contributed by atoms with Crippen molar-refractivity contribution in [2.24, 2.45) is 0 Å². The fourth-order valence-electron chi connectivity index (χ4n) is 2.39. The summed E-state index contributed by atoms with van der Waals surface area (Å²) in [4.78, 5) is 2.55. The van der Waals surface area contributed by atoms with Gasteiger partial charge in [0, 0.05) is 31.8 Å². The normalized spacial score (nSPS) is 30.3. The predicted octanol–water partition coefficient (Wildman–Crippen LogP) is 1.50. The van der Waals surface area contributed by atoms with E-state index in [0.29, 0.717) is 19.3 Å². The molecule has 4 heteroatoms. The van der Waals surface area contributed by atoms with Crippen molar-refractivity contribution in [3.63, 3.8) is 0 Å². The third-order valence-corrected chi connectivity index (χ3v) is 4.02. The van der Waals surface area contributed by atoms with Gasteiger partial charge in [0.05, 0.1) is 19.8 Å². The Morgan fingerprint density at radius 2 is 2.11 bits per heavy atom. The molecule has 0 aromatic rings. The second-order valence-electron chi connectivity index (χ2n) is 5.55. The molecule has 0 saturated carbocycles. The monoisotopic (exact) mass is 258 g/mol. The molecule has 18 heavy (non-hydrogen) atoms. The SMILES string of the molecule is CCC1(C)CN(CCOCCOC)C(C)CCN1. The smallest absolute Gasteiger partial charge is 0.0700 e. The van der Waals surface area contributed by atoms with Crippen LogP contribution < -0.4 is 5.32 Å². The molecule has 0 bridgehead atoms. The van der Waals surface area contributed by atoms with Gasteiger partial charge in [-0.2, -0.15) is 0 Å². The predicted molar refractivity (Wildman–Crippen MR) is 75.0 cm³/mol. The minimum atomic E-state index is 0.247. The first-order valence-corrected chi connectivity index (χ1v) is 7.17. The number of hydrogen-bond donors (Lipinski definition) is 1. The van der Waals surface area contributed by atoms with Crippen LogP contribution in [-0.4, -0.2) is 63.0 Å². The Labute approximate surface area is 112 Å². The van der Waals surface area contributed by atoms with Gasteiger partial charge in [-0.3, -0.25) is 4.90 Å². The second-order valence-corrected chi connectivity index (χ2v) is 5.55. The molecule has 108 valence electrons. The quantitative estimate of drug-likeness (QED) is 0.702. The van der Waals surface area contributed by atoms with Crippen LogP contribution in [0.2, 0.25) is 0 Å². The highest BCUT2D eigenvalue weighted by Gasteiger charge is 2.29. The highest BCUT2D eigenvalue weighted by molar-refractivity contribution is 4.90. The molecule has 1 rings (SSSR count). The van der Waals surface area contributed by atoms with Crippen LogP contribution in [0.4, 0.5) is 0 Å². The number of hydrogen-bond acceptors (Lipinski definition) is 4. The number of nitrogens with one attached hydrogen (secondary N) is 1. The Kier molecular flexibility index (Phi) is 7.15. The lowest BCUT2D eigenvalue weighted by molar-refractivity contribution is 0.0473. The fraction of sp³-hybridized carbons (Fsp3) is 1.00. The summed E-state index contributed by atoms with van der Waals surface area (Å²) in [5, 5.41) is 3.68. The standard InChI is InChI=1S/C14H30N2O2/c1-5-14(3)12-16(13(2)6-7-15-14)8-9-18-11-10-17-4/h13,15H,5-12H2,1-4H3. The molecule has 1 heterocycles. The van der Waals surface area contributed by atoms with E-state index in [1.807, 2.05) is 0 Å². The summed E-state index contributed by atoms with van der Waals surface area (Å²) in [6, 6.07) is 0.636. The topological polar surface area (TPSA) is 33.7 Å². The van der Waals surface area contributed by atoms with E-state index in [4.69, 9.17) is 9.47 Å². The summed E-state index contributed by atoms with van der Waals surface area (Å²) in [5.74, 6) is 0. The van der Waals surface area contributed by atoms with Gasteiger partial charge in [-0.1, -0.05) is 6.92 Å². The van der Waals surface area contributed by atoms with Crippen LogP contribution in [0.1, 0.15) is 33.6 Å². The highest BCUT2D eigenvalue weighted by atomic mass is 16.5. The zero-order chi connectivity index (χ0) is 13.4. The largest absolute Gasteiger partial charge is 0.382 e. The van der Waals surface area contributed by atoms with E-state index >= 15 is 0 Å². The number of methoxy groups -OCH3 is 1. The van der Waals surface area contributed by atoms with Crippen molar-refractivity contribution in [3.05, 3.63) is 0 Å². The van der Waals surface area contributed by atoms with Gasteiger partial charge in [0.1, 0.15) is 0 Å². The second kappa shape index (κ2) is 8.10. The maximum Gasteiger partial charge on any atom is 0.0700 e. The van der Waals surface area contributed by atoms with Crippen LogP contribution in [0.3, 0.4) is 0 Å². The third kappa shape index (κ3) is 5.22. The minimum Gasteiger partial charge on any atom is -0.382 e. The van der Waals surface area contributed by atoms with Crippen molar-refractivity contribution in [3.8, 4) is 0 Å². The van der Waals surface area contributed by atoms with Gasteiger partial charge in [-0.25, -0.2) is 0 Å². The van der Waals surface area contributed by atoms with Crippen LogP contribution in [0, 0.1) is 0 Å². The summed E-state index contributed by atoms with van der Waals surface area (Å²) >= 11 is 0. The molecular weight excluding hydrogens is 228 g/mol. The van der Waals surface area contributed by atoms with E-state index in [0.717, 1.165) is 26.2 Å². The average Bonchev–Trinajstić information content (AvgIpc) is 2.50. The summed E-state index contributed by atoms with van der Waals surface area (Å²) < 4.78 is 10.6. The van der Waals surface area contributed by atoms with E-state index in [9.17, 15) is 0 Å². The lowest BCUT2D eigenvalue weighted by atomic mass is 9.98. The summed E-state index contributed by atoms with van der Waals surface area (Å²) in [7, 11) is 1.71. The summed E-state index contributed by atoms with van der Waals surface area (Å²) in [6.45, 7) is 12.3. The zero-order valence-corrected chi connectivity index (χ0v) is 12.5. The number of rotatable bonds is 7. The molecule has 4 nitrogen and oxygen atoms in total. The van der Waals surface area contributed by atoms with Gasteiger partial charge in [-0.05, 0) is 33.2 Å². The van der Waals surface area contributed by atoms with Crippen molar-refractivity contribution in [2.75, 3.05) is 46.6 Å². The van der Waals surface area contributed by atoms with Gasteiger partial charge >= 0.3 is 0 Å². The maximum atomic E-state index is 5.58. The van der Waals surface area contributed by atoms with Crippen molar-refractivity contribution in [2.45, 2.75) is 45.2 Å². The lowest BCUT2D eigenvalue weighted by Crippen LogP contribution is -2.50. The van der Waals surface area contributed by atoms with Crippen LogP contribution in [0.15, 0.2) is 0 Å². The first kappa shape index (κ1) is 15.9. The lowest BCUT2D eigenvalue weighted by Gasteiger charge is -2.34. The molecule has 1 fully saturated rings. The van der Waals surface area contributed by atoms with Crippen LogP contribution in [0.25, 0.3) is 0 Å². The Morgan fingerprint density at radius 3 is 2.78 bits per heavy atom. The van der Waals surface area contributed by atoms with E-state index in [-0.39, 0.29) is 5.54 Å². The van der Waals surface area contributed by atoms with Gasteiger partial charge in [-0.15, -0.1) is 0 Å². The van der Waals surface area contributed by atoms with Crippen LogP contribution in [0.5, 0.6) is 0 Å². The fourth-order valence-corrected chi connectivity index (χ4v) is 2.39. The Morgan fingerprint density at radius 1 is 1.33 bits per heavy atom. The van der Waals surface area contributed by atoms with E-state index < -0.39 is 0 Å². The molecule has 1 saturated heterocycles. The molecule has 0 aromatic carbocycles. The first-order valence-electron chi connectivity index (χ1n) is 7.17. The Bertz CT molecular complexity index is 226. The van der Waals surface area contributed by atoms with Crippen molar-refractivity contribution >= 4 is 0 Å². The molecule has 2 atom stereocenters. The van der Waals surface area contributed by atoms with Crippen molar-refractivity contribution in [1.29, 1.82) is 0 Å². The van der Waals surface area contributed by atoms with Gasteiger partial charge in [0.25, 0.3) is 0 Å². The minimum absolute atomic E-state index is 0.247. The van der Waals surface area contributed by atoms with E-state index in [2.05, 4.69) is 31.0 Å². The molecule has 1 N–H and O–H groups in total. The Balaban J connectivity index is 2.35. The molecule has 0 aromatic heterocycles. The molecule has 0 spiro atoms. The molecule has 1 aliphatic rings. The van der Waals surface area contributed by atoms with Crippen LogP contribution >= 0.6 is 0 Å². The molecule has 1 aliphatic heterocycles. The molecular formula is C14H30N2O2. The zero-order valence-electron chi connectivity index (χ0n) is 12.5. The summed E-state index contributed by atoms with van der Waals surface area (Å²) in [5.41, 5.74) is 0.247. The highest BCUT2D eigenvalue weighted by Crippen LogP contribution is 2.18. The van der Waals surface area contributed by atoms with Crippen LogP contribution in [-0.2, 0) is 9.47 Å². The Hall–Kier alpha value is -0.160. The van der Waals surface area contributed by atoms with Crippen molar-refractivity contribution in [1.82, 2.24) is 10.2 Å². The number of nitrogens with zero attached hydrogens (tertiary/aromatic N) is 1. The average molecular weight is 258 g/mol. The van der Waals surface area contributed by atoms with E-state index in [1.165, 1.54) is 12.8 Å². The molecule has 0 radical (unpaired) electrons. The van der Waals surface area contributed by atoms with Gasteiger partial charge in [0.15, 0.2) is 0 Å². The molecule has 2 unspecified atom stereocenters. The first-order chi connectivity index (χ1) is 8.61. The van der Waals surface area contributed by atoms with Gasteiger partial charge in [0.2, 0.25) is 0 Å². The molecule has 0 amide bonds. The van der Waals surface area contributed by atoms with E-state index in [1.54, 1.807) is 7.11 Å². The third-order valence-electron chi connectivity index (χ3n) is 4.02. The maximum absolute atomic E-state index is 5.58. The van der Waals surface area contributed by atoms with Crippen molar-refractivity contribution < 1.29 is 9.47 Å². The molecule has 0 aliphatic carbocycles.